The summed E-state index contributed by atoms with van der Waals surface area (Å²) in [5, 5.41) is 0.668. The zero-order valence-corrected chi connectivity index (χ0v) is 18.7. The van der Waals surface area contributed by atoms with Crippen LogP contribution in [0.5, 0.6) is 5.75 Å². The van der Waals surface area contributed by atoms with E-state index in [1.54, 1.807) is 18.2 Å². The highest BCUT2D eigenvalue weighted by Crippen LogP contribution is 2.35. The molecule has 36 heavy (non-hydrogen) atoms. The Morgan fingerprint density at radius 2 is 1.44 bits per heavy atom. The van der Waals surface area contributed by atoms with Crippen molar-refractivity contribution in [3.63, 3.8) is 0 Å². The molecule has 0 unspecified atom stereocenters. The van der Waals surface area contributed by atoms with Crippen molar-refractivity contribution in [2.24, 2.45) is 0 Å². The fourth-order valence-electron chi connectivity index (χ4n) is 3.69. The Kier molecular flexibility index (Phi) is 7.07. The van der Waals surface area contributed by atoms with Crippen molar-refractivity contribution < 1.29 is 31.1 Å². The average molecular weight is 496 g/mol. The number of benzene rings is 4. The van der Waals surface area contributed by atoms with Gasteiger partial charge in [-0.05, 0) is 65.8 Å². The van der Waals surface area contributed by atoms with Crippen molar-refractivity contribution in [2.45, 2.75) is 19.2 Å². The summed E-state index contributed by atoms with van der Waals surface area (Å²) in [5.41, 5.74) is 2.20. The molecule has 0 radical (unpaired) electrons. The molecule has 0 aliphatic heterocycles. The zero-order chi connectivity index (χ0) is 25.9. The first-order valence-electron chi connectivity index (χ1n) is 10.8. The molecule has 7 heteroatoms. The van der Waals surface area contributed by atoms with Crippen LogP contribution in [0.2, 0.25) is 0 Å². The number of hydrogen-bond acceptors (Lipinski definition) is 1. The lowest BCUT2D eigenvalue weighted by Crippen LogP contribution is -2.19. The van der Waals surface area contributed by atoms with Crippen molar-refractivity contribution >= 4 is 10.8 Å². The molecule has 0 spiro atoms. The van der Waals surface area contributed by atoms with E-state index < -0.39 is 29.6 Å². The second kappa shape index (κ2) is 10.2. The first kappa shape index (κ1) is 24.9. The lowest BCUT2D eigenvalue weighted by molar-refractivity contribution is -0.276. The maximum absolute atomic E-state index is 15.2. The highest BCUT2D eigenvalue weighted by Gasteiger charge is 2.34. The Balaban J connectivity index is 1.61. The van der Waals surface area contributed by atoms with E-state index in [9.17, 15) is 22.0 Å². The molecule has 4 aromatic carbocycles. The first-order valence-corrected chi connectivity index (χ1v) is 10.8. The van der Waals surface area contributed by atoms with E-state index in [0.29, 0.717) is 23.1 Å². The van der Waals surface area contributed by atoms with Crippen LogP contribution in [0.1, 0.15) is 23.1 Å². The number of aryl methyl sites for hydroxylation is 1. The minimum atomic E-state index is -5.27. The SMILES string of the molecule is C=CCCc1ccc(C#Cc2ccc3c(F)c(-c4cc(F)c(OC(F)(F)F)c(F)c4)ccc3c2)cc1. The molecule has 0 bridgehead atoms. The van der Waals surface area contributed by atoms with Gasteiger partial charge in [0.05, 0.1) is 0 Å². The second-order valence-electron chi connectivity index (χ2n) is 7.95. The molecule has 0 saturated heterocycles. The zero-order valence-electron chi connectivity index (χ0n) is 18.7. The Morgan fingerprint density at radius 1 is 0.806 bits per heavy atom. The van der Waals surface area contributed by atoms with Crippen molar-refractivity contribution in [3.05, 3.63) is 114 Å². The summed E-state index contributed by atoms with van der Waals surface area (Å²) >= 11 is 0. The molecule has 0 fully saturated rings. The molecule has 0 aliphatic rings. The first-order chi connectivity index (χ1) is 17.1. The van der Waals surface area contributed by atoms with E-state index in [-0.39, 0.29) is 16.5 Å². The van der Waals surface area contributed by atoms with Gasteiger partial charge in [-0.25, -0.2) is 13.2 Å². The second-order valence-corrected chi connectivity index (χ2v) is 7.95. The number of ether oxygens (including phenoxy) is 1. The van der Waals surface area contributed by atoms with Crippen LogP contribution in [0.15, 0.2) is 79.4 Å². The highest BCUT2D eigenvalue weighted by atomic mass is 19.4. The molecule has 0 saturated carbocycles. The Morgan fingerprint density at radius 3 is 2.08 bits per heavy atom. The van der Waals surface area contributed by atoms with Gasteiger partial charge in [-0.15, -0.1) is 19.8 Å². The fourth-order valence-corrected chi connectivity index (χ4v) is 3.69. The summed E-state index contributed by atoms with van der Waals surface area (Å²) in [7, 11) is 0. The van der Waals surface area contributed by atoms with Gasteiger partial charge < -0.3 is 4.74 Å². The summed E-state index contributed by atoms with van der Waals surface area (Å²) in [6.45, 7) is 3.71. The van der Waals surface area contributed by atoms with Gasteiger partial charge in [0.1, 0.15) is 5.82 Å². The lowest BCUT2D eigenvalue weighted by atomic mass is 9.98. The van der Waals surface area contributed by atoms with E-state index >= 15 is 4.39 Å². The summed E-state index contributed by atoms with van der Waals surface area (Å²) < 4.78 is 84.0. The number of rotatable bonds is 5. The van der Waals surface area contributed by atoms with Gasteiger partial charge in [-0.2, -0.15) is 0 Å². The standard InChI is InChI=1S/C29H18F6O/c1-2-3-4-18-5-7-19(8-6-18)9-10-20-11-13-23-21(15-20)12-14-24(27(23)32)22-16-25(30)28(26(31)17-22)36-29(33,34)35/h2,5-8,11-17H,1,3-4H2. The van der Waals surface area contributed by atoms with Gasteiger partial charge in [0.2, 0.25) is 5.75 Å². The molecule has 0 N–H and O–H groups in total. The number of hydrogen-bond donors (Lipinski definition) is 0. The van der Waals surface area contributed by atoms with Gasteiger partial charge in [-0.3, -0.25) is 0 Å². The predicted molar refractivity (Wildman–Crippen MR) is 127 cm³/mol. The van der Waals surface area contributed by atoms with Gasteiger partial charge in [-0.1, -0.05) is 48.2 Å². The van der Waals surface area contributed by atoms with Crippen molar-refractivity contribution in [3.8, 4) is 28.7 Å². The fraction of sp³-hybridized carbons (Fsp3) is 0.103. The third-order valence-corrected chi connectivity index (χ3v) is 5.42. The monoisotopic (exact) mass is 496 g/mol. The average Bonchev–Trinajstić information content (AvgIpc) is 2.84. The van der Waals surface area contributed by atoms with Crippen molar-refractivity contribution in [1.29, 1.82) is 0 Å². The molecule has 1 nitrogen and oxygen atoms in total. The molecular weight excluding hydrogens is 478 g/mol. The van der Waals surface area contributed by atoms with Crippen LogP contribution in [0.4, 0.5) is 26.3 Å². The Bertz CT molecular complexity index is 1470. The van der Waals surface area contributed by atoms with Gasteiger partial charge in [0.25, 0.3) is 0 Å². The van der Waals surface area contributed by atoms with Crippen LogP contribution in [0.3, 0.4) is 0 Å². The topological polar surface area (TPSA) is 9.23 Å². The number of halogens is 6. The minimum Gasteiger partial charge on any atom is -0.399 e. The predicted octanol–water partition coefficient (Wildman–Crippen LogP) is 8.34. The largest absolute Gasteiger partial charge is 0.573 e. The summed E-state index contributed by atoms with van der Waals surface area (Å²) in [6, 6.07) is 16.6. The summed E-state index contributed by atoms with van der Waals surface area (Å²) in [6.07, 6.45) is -1.62. The van der Waals surface area contributed by atoms with Crippen LogP contribution < -0.4 is 4.74 Å². The van der Waals surface area contributed by atoms with E-state index in [4.69, 9.17) is 0 Å². The normalized spacial score (nSPS) is 11.2. The molecular formula is C29H18F6O. The highest BCUT2D eigenvalue weighted by molar-refractivity contribution is 5.89. The van der Waals surface area contributed by atoms with E-state index in [0.717, 1.165) is 18.4 Å². The smallest absolute Gasteiger partial charge is 0.399 e. The maximum Gasteiger partial charge on any atom is 0.573 e. The Hall–Kier alpha value is -4.18. The number of allylic oxidation sites excluding steroid dienone is 1. The summed E-state index contributed by atoms with van der Waals surface area (Å²) in [5.74, 6) is 0.523. The summed E-state index contributed by atoms with van der Waals surface area (Å²) in [4.78, 5) is 0. The molecule has 4 rings (SSSR count). The number of fused-ring (bicyclic) bond motifs is 1. The van der Waals surface area contributed by atoms with Crippen LogP contribution in [-0.2, 0) is 6.42 Å². The van der Waals surface area contributed by atoms with Crippen LogP contribution in [0, 0.1) is 29.3 Å². The third-order valence-electron chi connectivity index (χ3n) is 5.42. The van der Waals surface area contributed by atoms with E-state index in [2.05, 4.69) is 23.2 Å². The van der Waals surface area contributed by atoms with Crippen molar-refractivity contribution in [2.75, 3.05) is 0 Å². The molecule has 0 aromatic heterocycles. The Labute approximate surface area is 203 Å². The van der Waals surface area contributed by atoms with Crippen molar-refractivity contribution in [1.82, 2.24) is 0 Å². The van der Waals surface area contributed by atoms with Crippen LogP contribution >= 0.6 is 0 Å². The van der Waals surface area contributed by atoms with Gasteiger partial charge in [0.15, 0.2) is 11.6 Å². The molecule has 182 valence electrons. The molecule has 0 amide bonds. The lowest BCUT2D eigenvalue weighted by Gasteiger charge is -2.13. The number of alkyl halides is 3. The quantitative estimate of drug-likeness (QED) is 0.153. The molecule has 4 aromatic rings. The third kappa shape index (κ3) is 5.72. The van der Waals surface area contributed by atoms with Crippen LogP contribution in [0.25, 0.3) is 21.9 Å². The van der Waals surface area contributed by atoms with E-state index in [1.807, 2.05) is 30.3 Å². The van der Waals surface area contributed by atoms with Crippen LogP contribution in [-0.4, -0.2) is 6.36 Å². The maximum atomic E-state index is 15.2. The van der Waals surface area contributed by atoms with Gasteiger partial charge >= 0.3 is 6.36 Å². The molecule has 0 atom stereocenters. The minimum absolute atomic E-state index is 0.168. The van der Waals surface area contributed by atoms with E-state index in [1.165, 1.54) is 17.7 Å². The van der Waals surface area contributed by atoms with Gasteiger partial charge in [0, 0.05) is 22.1 Å². The molecule has 0 aliphatic carbocycles. The molecule has 0 heterocycles.